The average molecular weight is 392 g/mol. The van der Waals surface area contributed by atoms with Crippen LogP contribution in [0.3, 0.4) is 0 Å². The fourth-order valence-electron chi connectivity index (χ4n) is 2.76. The predicted octanol–water partition coefficient (Wildman–Crippen LogP) is 0.198. The van der Waals surface area contributed by atoms with Crippen LogP contribution in [0.4, 0.5) is 0 Å². The number of sulfonamides is 1. The zero-order chi connectivity index (χ0) is 17.3. The van der Waals surface area contributed by atoms with Gasteiger partial charge in [0.2, 0.25) is 22.7 Å². The molecule has 8 nitrogen and oxygen atoms in total. The standard InChI is InChI=1S/C15H21N3O5S.ClH/c1-11-7-12-13(23-10-22-12)8-14(11)24(20,21)17(2)9-15(19)18-5-3-16-4-6-18;/h7-8,16H,3-6,9-10H2,1-2H3;1H. The number of hydrogen-bond donors (Lipinski definition) is 1. The Morgan fingerprint density at radius 1 is 1.24 bits per heavy atom. The van der Waals surface area contributed by atoms with E-state index in [0.717, 1.165) is 17.4 Å². The molecule has 1 amide bonds. The number of fused-ring (bicyclic) bond motifs is 1. The summed E-state index contributed by atoms with van der Waals surface area (Å²) in [5, 5.41) is 3.16. The first-order valence-corrected chi connectivity index (χ1v) is 9.18. The van der Waals surface area contributed by atoms with E-state index in [2.05, 4.69) is 5.32 Å². The van der Waals surface area contributed by atoms with E-state index in [1.54, 1.807) is 17.9 Å². The molecule has 0 spiro atoms. The van der Waals surface area contributed by atoms with E-state index >= 15 is 0 Å². The summed E-state index contributed by atoms with van der Waals surface area (Å²) >= 11 is 0. The van der Waals surface area contributed by atoms with Gasteiger partial charge in [-0.3, -0.25) is 4.79 Å². The smallest absolute Gasteiger partial charge is 0.243 e. The van der Waals surface area contributed by atoms with Gasteiger partial charge in [-0.15, -0.1) is 12.4 Å². The summed E-state index contributed by atoms with van der Waals surface area (Å²) in [6.45, 7) is 4.23. The predicted molar refractivity (Wildman–Crippen MR) is 93.8 cm³/mol. The number of nitrogens with one attached hydrogen (secondary N) is 1. The molecule has 0 aliphatic carbocycles. The van der Waals surface area contributed by atoms with Gasteiger partial charge in [-0.05, 0) is 18.6 Å². The van der Waals surface area contributed by atoms with Crippen molar-refractivity contribution >= 4 is 28.3 Å². The lowest BCUT2D eigenvalue weighted by atomic mass is 10.2. The van der Waals surface area contributed by atoms with Gasteiger partial charge in [-0.25, -0.2) is 8.42 Å². The zero-order valence-corrected chi connectivity index (χ0v) is 15.8. The minimum Gasteiger partial charge on any atom is -0.454 e. The van der Waals surface area contributed by atoms with E-state index in [9.17, 15) is 13.2 Å². The second-order valence-electron chi connectivity index (χ2n) is 5.86. The number of carbonyl (C=O) groups excluding carboxylic acids is 1. The maximum absolute atomic E-state index is 12.8. The summed E-state index contributed by atoms with van der Waals surface area (Å²) in [6.07, 6.45) is 0. The number of aryl methyl sites for hydroxylation is 1. The van der Waals surface area contributed by atoms with Gasteiger partial charge in [-0.2, -0.15) is 4.31 Å². The van der Waals surface area contributed by atoms with Crippen molar-refractivity contribution in [3.63, 3.8) is 0 Å². The van der Waals surface area contributed by atoms with Gasteiger partial charge in [0.25, 0.3) is 0 Å². The number of piperazine rings is 1. The lowest BCUT2D eigenvalue weighted by molar-refractivity contribution is -0.131. The van der Waals surface area contributed by atoms with Gasteiger partial charge in [0.05, 0.1) is 11.4 Å². The lowest BCUT2D eigenvalue weighted by Gasteiger charge is -2.29. The minimum atomic E-state index is -3.79. The Kier molecular flexibility index (Phi) is 6.15. The molecule has 2 heterocycles. The maximum atomic E-state index is 12.8. The summed E-state index contributed by atoms with van der Waals surface area (Å²) < 4.78 is 37.2. The van der Waals surface area contributed by atoms with Crippen molar-refractivity contribution in [2.45, 2.75) is 11.8 Å². The van der Waals surface area contributed by atoms with Crippen LogP contribution >= 0.6 is 12.4 Å². The van der Waals surface area contributed by atoms with Crippen LogP contribution in [-0.2, 0) is 14.8 Å². The molecule has 1 N–H and O–H groups in total. The summed E-state index contributed by atoms with van der Waals surface area (Å²) in [4.78, 5) is 14.1. The van der Waals surface area contributed by atoms with E-state index in [1.165, 1.54) is 13.1 Å². The Labute approximate surface area is 153 Å². The molecule has 25 heavy (non-hydrogen) atoms. The Morgan fingerprint density at radius 2 is 1.84 bits per heavy atom. The molecular weight excluding hydrogens is 370 g/mol. The van der Waals surface area contributed by atoms with E-state index in [0.29, 0.717) is 30.2 Å². The monoisotopic (exact) mass is 391 g/mol. The van der Waals surface area contributed by atoms with Crippen molar-refractivity contribution < 1.29 is 22.7 Å². The van der Waals surface area contributed by atoms with Crippen LogP contribution in [0.15, 0.2) is 17.0 Å². The lowest BCUT2D eigenvalue weighted by Crippen LogP contribution is -2.49. The van der Waals surface area contributed by atoms with Crippen molar-refractivity contribution in [1.82, 2.24) is 14.5 Å². The third-order valence-corrected chi connectivity index (χ3v) is 6.13. The van der Waals surface area contributed by atoms with Crippen molar-refractivity contribution in [1.29, 1.82) is 0 Å². The van der Waals surface area contributed by atoms with Crippen LogP contribution in [0.2, 0.25) is 0 Å². The first-order valence-electron chi connectivity index (χ1n) is 7.74. The molecule has 140 valence electrons. The normalized spacial score (nSPS) is 16.7. The second-order valence-corrected chi connectivity index (χ2v) is 7.88. The molecule has 0 radical (unpaired) electrons. The third kappa shape index (κ3) is 4.00. The van der Waals surface area contributed by atoms with Crippen LogP contribution < -0.4 is 14.8 Å². The number of ether oxygens (including phenoxy) is 2. The summed E-state index contributed by atoms with van der Waals surface area (Å²) in [5.74, 6) is 0.743. The second kappa shape index (κ2) is 7.77. The zero-order valence-electron chi connectivity index (χ0n) is 14.1. The average Bonchev–Trinajstić information content (AvgIpc) is 3.01. The van der Waals surface area contributed by atoms with Gasteiger partial charge in [0, 0.05) is 39.3 Å². The topological polar surface area (TPSA) is 88.2 Å². The van der Waals surface area contributed by atoms with E-state index in [1.807, 2.05) is 0 Å². The fraction of sp³-hybridized carbons (Fsp3) is 0.533. The van der Waals surface area contributed by atoms with Crippen molar-refractivity contribution in [3.05, 3.63) is 17.7 Å². The van der Waals surface area contributed by atoms with Gasteiger partial charge >= 0.3 is 0 Å². The van der Waals surface area contributed by atoms with Gasteiger partial charge in [0.1, 0.15) is 0 Å². The third-order valence-electron chi connectivity index (χ3n) is 4.19. The molecule has 0 unspecified atom stereocenters. The largest absolute Gasteiger partial charge is 0.454 e. The quantitative estimate of drug-likeness (QED) is 0.788. The van der Waals surface area contributed by atoms with Crippen LogP contribution in [0.1, 0.15) is 5.56 Å². The van der Waals surface area contributed by atoms with Gasteiger partial charge in [0.15, 0.2) is 11.5 Å². The fourth-order valence-corrected chi connectivity index (χ4v) is 4.10. The van der Waals surface area contributed by atoms with E-state index in [-0.39, 0.29) is 36.5 Å². The molecule has 0 aromatic heterocycles. The molecule has 1 fully saturated rings. The Hall–Kier alpha value is -1.55. The highest BCUT2D eigenvalue weighted by molar-refractivity contribution is 7.89. The van der Waals surface area contributed by atoms with Crippen LogP contribution in [-0.4, -0.2) is 70.1 Å². The number of hydrogen-bond acceptors (Lipinski definition) is 6. The van der Waals surface area contributed by atoms with E-state index < -0.39 is 10.0 Å². The summed E-state index contributed by atoms with van der Waals surface area (Å²) in [5.41, 5.74) is 0.556. The Balaban J connectivity index is 0.00000225. The summed E-state index contributed by atoms with van der Waals surface area (Å²) in [6, 6.07) is 3.10. The minimum absolute atomic E-state index is 0. The first kappa shape index (κ1) is 19.8. The number of nitrogens with zero attached hydrogens (tertiary/aromatic N) is 2. The molecule has 10 heteroatoms. The molecule has 1 aromatic carbocycles. The molecule has 1 saturated heterocycles. The molecule has 3 rings (SSSR count). The van der Waals surface area contributed by atoms with Crippen molar-refractivity contribution in [3.8, 4) is 11.5 Å². The Morgan fingerprint density at radius 3 is 2.48 bits per heavy atom. The number of carbonyl (C=O) groups is 1. The van der Waals surface area contributed by atoms with Crippen LogP contribution in [0.5, 0.6) is 11.5 Å². The van der Waals surface area contributed by atoms with Crippen LogP contribution in [0.25, 0.3) is 0 Å². The number of amides is 1. The number of benzene rings is 1. The highest BCUT2D eigenvalue weighted by Crippen LogP contribution is 2.36. The highest BCUT2D eigenvalue weighted by Gasteiger charge is 2.29. The van der Waals surface area contributed by atoms with Crippen molar-refractivity contribution in [2.75, 3.05) is 46.6 Å². The molecule has 0 saturated carbocycles. The number of rotatable bonds is 4. The maximum Gasteiger partial charge on any atom is 0.243 e. The van der Waals surface area contributed by atoms with Gasteiger partial charge < -0.3 is 19.7 Å². The van der Waals surface area contributed by atoms with Crippen LogP contribution in [0, 0.1) is 6.92 Å². The van der Waals surface area contributed by atoms with Crippen molar-refractivity contribution in [2.24, 2.45) is 0 Å². The first-order chi connectivity index (χ1) is 11.4. The van der Waals surface area contributed by atoms with Gasteiger partial charge in [-0.1, -0.05) is 0 Å². The molecular formula is C15H22ClN3O5S. The molecule has 2 aliphatic heterocycles. The molecule has 0 atom stereocenters. The SMILES string of the molecule is Cc1cc2c(cc1S(=O)(=O)N(C)CC(=O)N1CCNCC1)OCO2.Cl. The highest BCUT2D eigenvalue weighted by atomic mass is 35.5. The number of likely N-dealkylation sites (N-methyl/N-ethyl adjacent to an activating group) is 1. The molecule has 2 aliphatic rings. The molecule has 1 aromatic rings. The molecule has 0 bridgehead atoms. The summed E-state index contributed by atoms with van der Waals surface area (Å²) in [7, 11) is -2.37. The Bertz CT molecular complexity index is 750. The number of halogens is 1. The van der Waals surface area contributed by atoms with E-state index in [4.69, 9.17) is 9.47 Å².